The second-order valence-corrected chi connectivity index (χ2v) is 8.14. The number of hydrogen-bond acceptors (Lipinski definition) is 4. The highest BCUT2D eigenvalue weighted by Gasteiger charge is 2.28. The number of carbonyl (C=O) groups is 1. The Hall–Kier alpha value is -3.02. The van der Waals surface area contributed by atoms with Gasteiger partial charge in [-0.3, -0.25) is 9.89 Å². The summed E-state index contributed by atoms with van der Waals surface area (Å²) in [5.74, 6) is 1.25. The fraction of sp³-hybridized carbons (Fsp3) is 0.391. The van der Waals surface area contributed by atoms with E-state index in [0.29, 0.717) is 12.1 Å². The van der Waals surface area contributed by atoms with E-state index in [1.165, 1.54) is 5.56 Å². The van der Waals surface area contributed by atoms with Crippen LogP contribution in [0.5, 0.6) is 0 Å². The molecule has 1 aliphatic heterocycles. The van der Waals surface area contributed by atoms with Gasteiger partial charge in [-0.2, -0.15) is 5.10 Å². The van der Waals surface area contributed by atoms with Crippen molar-refractivity contribution in [3.8, 4) is 11.1 Å². The average Bonchev–Trinajstić information content (AvgIpc) is 3.24. The van der Waals surface area contributed by atoms with Gasteiger partial charge in [0.25, 0.3) is 5.91 Å². The van der Waals surface area contributed by atoms with Crippen molar-refractivity contribution in [2.75, 3.05) is 13.1 Å². The molecule has 150 valence electrons. The zero-order chi connectivity index (χ0) is 20.4. The third kappa shape index (κ3) is 4.06. The lowest BCUT2D eigenvalue weighted by Gasteiger charge is -2.32. The largest absolute Gasteiger partial charge is 0.338 e. The summed E-state index contributed by atoms with van der Waals surface area (Å²) in [6.45, 7) is 7.60. The number of likely N-dealkylation sites (tertiary alicyclic amines) is 1. The van der Waals surface area contributed by atoms with E-state index in [1.807, 2.05) is 24.9 Å². The molecule has 0 radical (unpaired) electrons. The lowest BCUT2D eigenvalue weighted by atomic mass is 9.90. The third-order valence-electron chi connectivity index (χ3n) is 5.58. The van der Waals surface area contributed by atoms with E-state index < -0.39 is 0 Å². The molecular formula is C23H27N5O. The summed E-state index contributed by atoms with van der Waals surface area (Å²) in [5, 5.41) is 7.50. The molecule has 4 rings (SSSR count). The van der Waals surface area contributed by atoms with Crippen molar-refractivity contribution >= 4 is 5.91 Å². The molecule has 3 heterocycles. The van der Waals surface area contributed by atoms with Crippen LogP contribution in [0.15, 0.2) is 42.9 Å². The molecule has 1 saturated heterocycles. The standard InChI is InChI=1S/C23H27N5O/c1-15(2)22-24-11-19(12-25-22)23(29)28-10-4-5-18(14-28)21-20(13-26-27-21)17-8-6-16(3)7-9-17/h6-9,11-13,15,18H,4-5,10,14H2,1-3H3,(H,26,27)/t18-/m0/s1. The number of aryl methyl sites for hydroxylation is 1. The van der Waals surface area contributed by atoms with Gasteiger partial charge in [-0.1, -0.05) is 43.7 Å². The number of benzene rings is 1. The van der Waals surface area contributed by atoms with Crippen LogP contribution in [-0.2, 0) is 0 Å². The van der Waals surface area contributed by atoms with Crippen LogP contribution in [0.25, 0.3) is 11.1 Å². The number of aromatic amines is 1. The Balaban J connectivity index is 1.52. The van der Waals surface area contributed by atoms with Crippen molar-refractivity contribution in [1.82, 2.24) is 25.1 Å². The number of hydrogen-bond donors (Lipinski definition) is 1. The number of rotatable bonds is 4. The average molecular weight is 390 g/mol. The van der Waals surface area contributed by atoms with Crippen LogP contribution in [-0.4, -0.2) is 44.1 Å². The van der Waals surface area contributed by atoms with Gasteiger partial charge in [0.05, 0.1) is 11.8 Å². The molecule has 1 N–H and O–H groups in total. The van der Waals surface area contributed by atoms with Crippen molar-refractivity contribution in [2.24, 2.45) is 0 Å². The summed E-state index contributed by atoms with van der Waals surface area (Å²) < 4.78 is 0. The number of nitrogens with zero attached hydrogens (tertiary/aromatic N) is 4. The molecule has 1 amide bonds. The van der Waals surface area contributed by atoms with E-state index in [0.717, 1.165) is 42.0 Å². The molecular weight excluding hydrogens is 362 g/mol. The summed E-state index contributed by atoms with van der Waals surface area (Å²) in [6, 6.07) is 8.49. The maximum atomic E-state index is 13.0. The molecule has 2 aromatic heterocycles. The molecule has 1 atom stereocenters. The summed E-state index contributed by atoms with van der Waals surface area (Å²) in [5.41, 5.74) is 5.17. The van der Waals surface area contributed by atoms with Crippen LogP contribution in [0.4, 0.5) is 0 Å². The van der Waals surface area contributed by atoms with Gasteiger partial charge < -0.3 is 4.90 Å². The van der Waals surface area contributed by atoms with Gasteiger partial charge >= 0.3 is 0 Å². The summed E-state index contributed by atoms with van der Waals surface area (Å²) in [6.07, 6.45) is 7.20. The van der Waals surface area contributed by atoms with Crippen molar-refractivity contribution in [1.29, 1.82) is 0 Å². The van der Waals surface area contributed by atoms with Gasteiger partial charge in [0.1, 0.15) is 5.82 Å². The first-order chi connectivity index (χ1) is 14.0. The molecule has 6 heteroatoms. The molecule has 1 aromatic carbocycles. The van der Waals surface area contributed by atoms with E-state index in [9.17, 15) is 4.79 Å². The van der Waals surface area contributed by atoms with Crippen LogP contribution >= 0.6 is 0 Å². The highest BCUT2D eigenvalue weighted by molar-refractivity contribution is 5.93. The summed E-state index contributed by atoms with van der Waals surface area (Å²) in [7, 11) is 0. The lowest BCUT2D eigenvalue weighted by molar-refractivity contribution is 0.0705. The Labute approximate surface area is 171 Å². The summed E-state index contributed by atoms with van der Waals surface area (Å²) >= 11 is 0. The monoisotopic (exact) mass is 389 g/mol. The summed E-state index contributed by atoms with van der Waals surface area (Å²) in [4.78, 5) is 23.6. The second kappa shape index (κ2) is 8.15. The molecule has 0 spiro atoms. The van der Waals surface area contributed by atoms with Crippen LogP contribution in [0.3, 0.4) is 0 Å². The Morgan fingerprint density at radius 3 is 2.55 bits per heavy atom. The topological polar surface area (TPSA) is 74.8 Å². The third-order valence-corrected chi connectivity index (χ3v) is 5.58. The van der Waals surface area contributed by atoms with Crippen molar-refractivity contribution in [3.63, 3.8) is 0 Å². The highest BCUT2D eigenvalue weighted by atomic mass is 16.2. The molecule has 29 heavy (non-hydrogen) atoms. The predicted molar refractivity (Wildman–Crippen MR) is 113 cm³/mol. The van der Waals surface area contributed by atoms with E-state index in [4.69, 9.17) is 0 Å². The van der Waals surface area contributed by atoms with Crippen LogP contribution in [0, 0.1) is 6.92 Å². The van der Waals surface area contributed by atoms with Gasteiger partial charge in [0.2, 0.25) is 0 Å². The zero-order valence-corrected chi connectivity index (χ0v) is 17.2. The smallest absolute Gasteiger partial charge is 0.257 e. The van der Waals surface area contributed by atoms with Gasteiger partial charge in [-0.25, -0.2) is 9.97 Å². The predicted octanol–water partition coefficient (Wildman–Crippen LogP) is 4.32. The maximum absolute atomic E-state index is 13.0. The van der Waals surface area contributed by atoms with E-state index in [2.05, 4.69) is 51.4 Å². The lowest BCUT2D eigenvalue weighted by Crippen LogP contribution is -2.39. The first-order valence-electron chi connectivity index (χ1n) is 10.2. The Bertz CT molecular complexity index is 975. The number of aromatic nitrogens is 4. The molecule has 1 aliphatic rings. The van der Waals surface area contributed by atoms with Gasteiger partial charge in [0.15, 0.2) is 0 Å². The van der Waals surface area contributed by atoms with E-state index in [-0.39, 0.29) is 17.7 Å². The first-order valence-corrected chi connectivity index (χ1v) is 10.2. The zero-order valence-electron chi connectivity index (χ0n) is 17.2. The SMILES string of the molecule is Cc1ccc(-c2cn[nH]c2[C@H]2CCCN(C(=O)c3cnc(C(C)C)nc3)C2)cc1. The highest BCUT2D eigenvalue weighted by Crippen LogP contribution is 2.33. The van der Waals surface area contributed by atoms with Crippen LogP contribution in [0.1, 0.15) is 66.0 Å². The molecule has 1 fully saturated rings. The molecule has 6 nitrogen and oxygen atoms in total. The van der Waals surface area contributed by atoms with E-state index >= 15 is 0 Å². The molecule has 0 bridgehead atoms. The van der Waals surface area contributed by atoms with Gasteiger partial charge in [-0.05, 0) is 25.3 Å². The van der Waals surface area contributed by atoms with Crippen molar-refractivity contribution < 1.29 is 4.79 Å². The maximum Gasteiger partial charge on any atom is 0.257 e. The first kappa shape index (κ1) is 19.3. The quantitative estimate of drug-likeness (QED) is 0.721. The van der Waals surface area contributed by atoms with Crippen molar-refractivity contribution in [2.45, 2.75) is 45.4 Å². The Morgan fingerprint density at radius 2 is 1.86 bits per heavy atom. The number of nitrogens with one attached hydrogen (secondary N) is 1. The number of H-pyrrole nitrogens is 1. The number of carbonyl (C=O) groups excluding carboxylic acids is 1. The van der Waals surface area contributed by atoms with Crippen molar-refractivity contribution in [3.05, 3.63) is 65.5 Å². The van der Waals surface area contributed by atoms with Crippen LogP contribution < -0.4 is 0 Å². The number of amides is 1. The molecule has 0 aliphatic carbocycles. The minimum Gasteiger partial charge on any atom is -0.338 e. The van der Waals surface area contributed by atoms with Gasteiger partial charge in [-0.15, -0.1) is 0 Å². The fourth-order valence-corrected chi connectivity index (χ4v) is 3.90. The Kier molecular flexibility index (Phi) is 5.43. The normalized spacial score (nSPS) is 17.0. The van der Waals surface area contributed by atoms with Crippen LogP contribution in [0.2, 0.25) is 0 Å². The molecule has 0 unspecified atom stereocenters. The molecule has 3 aromatic rings. The van der Waals surface area contributed by atoms with E-state index in [1.54, 1.807) is 12.4 Å². The molecule has 0 saturated carbocycles. The minimum absolute atomic E-state index is 0.00130. The Morgan fingerprint density at radius 1 is 1.14 bits per heavy atom. The van der Waals surface area contributed by atoms with Gasteiger partial charge in [0, 0.05) is 48.6 Å². The second-order valence-electron chi connectivity index (χ2n) is 8.14. The fourth-order valence-electron chi connectivity index (χ4n) is 3.90. The number of piperidine rings is 1. The minimum atomic E-state index is 0.00130.